The SMILES string of the molecule is O=C(Nc1cccnc1)[C@H]1CCCN(S(=O)(=O)c2ccc3[nH]c(=O)ccc3c2)C1. The van der Waals surface area contributed by atoms with Crippen molar-refractivity contribution < 1.29 is 13.2 Å². The molecule has 1 amide bonds. The monoisotopic (exact) mass is 412 g/mol. The highest BCUT2D eigenvalue weighted by Crippen LogP contribution is 2.26. The van der Waals surface area contributed by atoms with Crippen LogP contribution in [-0.2, 0) is 14.8 Å². The molecule has 2 aromatic heterocycles. The summed E-state index contributed by atoms with van der Waals surface area (Å²) in [5, 5.41) is 3.43. The average molecular weight is 412 g/mol. The number of nitrogens with zero attached hydrogens (tertiary/aromatic N) is 2. The highest BCUT2D eigenvalue weighted by molar-refractivity contribution is 7.89. The predicted molar refractivity (Wildman–Crippen MR) is 109 cm³/mol. The van der Waals surface area contributed by atoms with Crippen molar-refractivity contribution in [2.45, 2.75) is 17.7 Å². The molecule has 9 heteroatoms. The van der Waals surface area contributed by atoms with Gasteiger partial charge >= 0.3 is 0 Å². The Morgan fingerprint density at radius 2 is 2.07 bits per heavy atom. The molecule has 1 aliphatic rings. The van der Waals surface area contributed by atoms with Crippen molar-refractivity contribution in [3.63, 3.8) is 0 Å². The molecule has 29 heavy (non-hydrogen) atoms. The summed E-state index contributed by atoms with van der Waals surface area (Å²) in [5.41, 5.74) is 0.913. The van der Waals surface area contributed by atoms with E-state index in [2.05, 4.69) is 15.3 Å². The predicted octanol–water partition coefficient (Wildman–Crippen LogP) is 1.96. The molecule has 8 nitrogen and oxygen atoms in total. The van der Waals surface area contributed by atoms with Crippen LogP contribution in [0.25, 0.3) is 10.9 Å². The van der Waals surface area contributed by atoms with Gasteiger partial charge in [-0.15, -0.1) is 0 Å². The summed E-state index contributed by atoms with van der Waals surface area (Å²) >= 11 is 0. The third kappa shape index (κ3) is 4.06. The van der Waals surface area contributed by atoms with Gasteiger partial charge in [0.05, 0.1) is 22.7 Å². The average Bonchev–Trinajstić information content (AvgIpc) is 2.74. The molecule has 0 saturated carbocycles. The van der Waals surface area contributed by atoms with E-state index in [1.54, 1.807) is 42.7 Å². The third-order valence-corrected chi connectivity index (χ3v) is 6.88. The standard InChI is InChI=1S/C20H20N4O4S/c25-19-8-5-14-11-17(6-7-18(14)23-19)29(27,28)24-10-2-3-15(13-24)20(26)22-16-4-1-9-21-12-16/h1,4-9,11-12,15H,2-3,10,13H2,(H,22,26)(H,23,25)/t15-/m0/s1. The number of aromatic nitrogens is 2. The molecule has 1 saturated heterocycles. The maximum atomic E-state index is 13.1. The second kappa shape index (κ2) is 7.76. The summed E-state index contributed by atoms with van der Waals surface area (Å²) in [6.45, 7) is 0.487. The smallest absolute Gasteiger partial charge is 0.248 e. The number of hydrogen-bond acceptors (Lipinski definition) is 5. The zero-order valence-electron chi connectivity index (χ0n) is 15.5. The lowest BCUT2D eigenvalue weighted by molar-refractivity contribution is -0.120. The topological polar surface area (TPSA) is 112 Å². The highest BCUT2D eigenvalue weighted by Gasteiger charge is 2.33. The van der Waals surface area contributed by atoms with Crippen LogP contribution < -0.4 is 10.9 Å². The van der Waals surface area contributed by atoms with E-state index in [-0.39, 0.29) is 22.9 Å². The molecule has 150 valence electrons. The van der Waals surface area contributed by atoms with Crippen LogP contribution >= 0.6 is 0 Å². The number of piperidine rings is 1. The van der Waals surface area contributed by atoms with E-state index >= 15 is 0 Å². The maximum Gasteiger partial charge on any atom is 0.248 e. The Labute approximate surface area is 167 Å². The Balaban J connectivity index is 1.54. The molecule has 1 aliphatic heterocycles. The molecule has 3 heterocycles. The van der Waals surface area contributed by atoms with Crippen LogP contribution in [0.15, 0.2) is 64.5 Å². The number of rotatable bonds is 4. The molecule has 4 rings (SSSR count). The number of aromatic amines is 1. The van der Waals surface area contributed by atoms with E-state index in [1.807, 2.05) is 0 Å². The fourth-order valence-electron chi connectivity index (χ4n) is 3.50. The van der Waals surface area contributed by atoms with Crippen molar-refractivity contribution in [3.8, 4) is 0 Å². The van der Waals surface area contributed by atoms with Gasteiger partial charge in [0, 0.05) is 30.9 Å². The van der Waals surface area contributed by atoms with Crippen LogP contribution in [0.1, 0.15) is 12.8 Å². The van der Waals surface area contributed by atoms with E-state index in [4.69, 9.17) is 0 Å². The van der Waals surface area contributed by atoms with E-state index < -0.39 is 15.9 Å². The number of H-pyrrole nitrogens is 1. The van der Waals surface area contributed by atoms with E-state index in [0.717, 1.165) is 0 Å². The van der Waals surface area contributed by atoms with Gasteiger partial charge in [-0.05, 0) is 54.6 Å². The molecule has 1 fully saturated rings. The fourth-order valence-corrected chi connectivity index (χ4v) is 5.06. The number of benzene rings is 1. The van der Waals surface area contributed by atoms with Gasteiger partial charge in [-0.2, -0.15) is 4.31 Å². The lowest BCUT2D eigenvalue weighted by Crippen LogP contribution is -2.43. The van der Waals surface area contributed by atoms with Gasteiger partial charge in [-0.3, -0.25) is 14.6 Å². The number of hydrogen-bond donors (Lipinski definition) is 2. The number of carbonyl (C=O) groups is 1. The molecule has 2 N–H and O–H groups in total. The molecule has 0 aliphatic carbocycles. The minimum Gasteiger partial charge on any atom is -0.324 e. The van der Waals surface area contributed by atoms with Gasteiger partial charge in [-0.1, -0.05) is 0 Å². The van der Waals surface area contributed by atoms with Crippen molar-refractivity contribution in [1.82, 2.24) is 14.3 Å². The van der Waals surface area contributed by atoms with Gasteiger partial charge in [0.25, 0.3) is 0 Å². The van der Waals surface area contributed by atoms with Crippen LogP contribution in [-0.4, -0.2) is 41.7 Å². The molecule has 1 aromatic carbocycles. The second-order valence-electron chi connectivity index (χ2n) is 7.00. The van der Waals surface area contributed by atoms with Gasteiger partial charge in [0.15, 0.2) is 0 Å². The molecule has 0 bridgehead atoms. The molecular weight excluding hydrogens is 392 g/mol. The first kappa shape index (κ1) is 19.3. The summed E-state index contributed by atoms with van der Waals surface area (Å²) in [6, 6.07) is 11.0. The van der Waals surface area contributed by atoms with Gasteiger partial charge in [0.1, 0.15) is 0 Å². The summed E-state index contributed by atoms with van der Waals surface area (Å²) in [4.78, 5) is 30.8. The molecule has 0 unspecified atom stereocenters. The molecule has 1 atom stereocenters. The Morgan fingerprint density at radius 1 is 1.21 bits per heavy atom. The number of fused-ring (bicyclic) bond motifs is 1. The first-order chi connectivity index (χ1) is 13.9. The van der Waals surface area contributed by atoms with Gasteiger partial charge in [-0.25, -0.2) is 8.42 Å². The van der Waals surface area contributed by atoms with Crippen molar-refractivity contribution in [2.75, 3.05) is 18.4 Å². The Bertz CT molecular complexity index is 1210. The van der Waals surface area contributed by atoms with E-state index in [1.165, 1.54) is 16.4 Å². The second-order valence-corrected chi connectivity index (χ2v) is 8.94. The lowest BCUT2D eigenvalue weighted by atomic mass is 9.99. The van der Waals surface area contributed by atoms with Crippen molar-refractivity contribution in [1.29, 1.82) is 0 Å². The first-order valence-electron chi connectivity index (χ1n) is 9.28. The van der Waals surface area contributed by atoms with Crippen LogP contribution in [0.5, 0.6) is 0 Å². The van der Waals surface area contributed by atoms with Gasteiger partial charge < -0.3 is 10.3 Å². The third-order valence-electron chi connectivity index (χ3n) is 5.02. The molecule has 3 aromatic rings. The van der Waals surface area contributed by atoms with E-state index in [9.17, 15) is 18.0 Å². The Kier molecular flexibility index (Phi) is 5.16. The first-order valence-corrected chi connectivity index (χ1v) is 10.7. The maximum absolute atomic E-state index is 13.1. The minimum atomic E-state index is -3.75. The van der Waals surface area contributed by atoms with Crippen LogP contribution in [0.2, 0.25) is 0 Å². The molecule has 0 spiro atoms. The van der Waals surface area contributed by atoms with Crippen LogP contribution in [0.4, 0.5) is 5.69 Å². The Morgan fingerprint density at radius 3 is 2.86 bits per heavy atom. The number of pyridine rings is 2. The molecular formula is C20H20N4O4S. The van der Waals surface area contributed by atoms with Crippen LogP contribution in [0, 0.1) is 5.92 Å². The normalized spacial score (nSPS) is 17.9. The van der Waals surface area contributed by atoms with E-state index in [0.29, 0.717) is 36.0 Å². The number of sulfonamides is 1. The summed E-state index contributed by atoms with van der Waals surface area (Å²) in [6.07, 6.45) is 4.39. The zero-order chi connectivity index (χ0) is 20.4. The largest absolute Gasteiger partial charge is 0.324 e. The van der Waals surface area contributed by atoms with Gasteiger partial charge in [0.2, 0.25) is 21.5 Å². The summed E-state index contributed by atoms with van der Waals surface area (Å²) < 4.78 is 27.6. The quantitative estimate of drug-likeness (QED) is 0.680. The molecule has 0 radical (unpaired) electrons. The zero-order valence-corrected chi connectivity index (χ0v) is 16.4. The van der Waals surface area contributed by atoms with Crippen LogP contribution in [0.3, 0.4) is 0 Å². The number of amides is 1. The number of carbonyl (C=O) groups excluding carboxylic acids is 1. The van der Waals surface area contributed by atoms with Crippen molar-refractivity contribution in [2.24, 2.45) is 5.92 Å². The van der Waals surface area contributed by atoms with Crippen molar-refractivity contribution in [3.05, 3.63) is 65.2 Å². The van der Waals surface area contributed by atoms with Crippen molar-refractivity contribution >= 4 is 32.5 Å². The Hall–Kier alpha value is -3.04. The fraction of sp³-hybridized carbons (Fsp3) is 0.250. The summed E-state index contributed by atoms with van der Waals surface area (Å²) in [5.74, 6) is -0.649. The highest BCUT2D eigenvalue weighted by atomic mass is 32.2. The lowest BCUT2D eigenvalue weighted by Gasteiger charge is -2.31. The summed E-state index contributed by atoms with van der Waals surface area (Å²) in [7, 11) is -3.75. The number of nitrogens with one attached hydrogen (secondary N) is 2. The minimum absolute atomic E-state index is 0.123. The number of anilines is 1.